The molecule has 2 aromatic rings. The van der Waals surface area contributed by atoms with Gasteiger partial charge in [-0.25, -0.2) is 4.39 Å². The average molecular weight is 343 g/mol. The Hall–Kier alpha value is -2.31. The summed E-state index contributed by atoms with van der Waals surface area (Å²) in [6.07, 6.45) is 3.61. The second kappa shape index (κ2) is 8.69. The molecule has 25 heavy (non-hydrogen) atoms. The number of ether oxygens (including phenoxy) is 1. The van der Waals surface area contributed by atoms with Crippen molar-refractivity contribution in [2.75, 3.05) is 39.4 Å². The quantitative estimate of drug-likeness (QED) is 0.818. The molecule has 3 rings (SSSR count). The molecule has 0 saturated carbocycles. The van der Waals surface area contributed by atoms with Gasteiger partial charge in [-0.1, -0.05) is 12.1 Å². The number of hydrogen-bond acceptors (Lipinski definition) is 4. The highest BCUT2D eigenvalue weighted by Crippen LogP contribution is 2.22. The molecule has 1 N–H and O–H groups in total. The van der Waals surface area contributed by atoms with Crippen LogP contribution in [0.2, 0.25) is 0 Å². The zero-order valence-corrected chi connectivity index (χ0v) is 14.1. The van der Waals surface area contributed by atoms with Crippen molar-refractivity contribution < 1.29 is 13.9 Å². The molecular formula is C19H22FN3O2. The molecule has 1 fully saturated rings. The van der Waals surface area contributed by atoms with E-state index < -0.39 is 5.82 Å². The van der Waals surface area contributed by atoms with E-state index in [1.807, 2.05) is 0 Å². The van der Waals surface area contributed by atoms with E-state index in [4.69, 9.17) is 4.74 Å². The number of amides is 1. The molecular weight excluding hydrogens is 321 g/mol. The molecule has 0 spiro atoms. The van der Waals surface area contributed by atoms with Crippen LogP contribution in [0.5, 0.6) is 0 Å². The maximum atomic E-state index is 13.9. The third kappa shape index (κ3) is 4.84. The van der Waals surface area contributed by atoms with E-state index >= 15 is 0 Å². The number of hydrogen-bond donors (Lipinski definition) is 1. The predicted molar refractivity (Wildman–Crippen MR) is 93.8 cm³/mol. The van der Waals surface area contributed by atoms with Crippen LogP contribution < -0.4 is 5.32 Å². The molecule has 1 aliphatic heterocycles. The van der Waals surface area contributed by atoms with Crippen molar-refractivity contribution in [3.8, 4) is 11.1 Å². The summed E-state index contributed by atoms with van der Waals surface area (Å²) in [6.45, 7) is 5.03. The van der Waals surface area contributed by atoms with E-state index in [2.05, 4.69) is 15.2 Å². The summed E-state index contributed by atoms with van der Waals surface area (Å²) in [6, 6.07) is 8.59. The van der Waals surface area contributed by atoms with Crippen LogP contribution in [0.15, 0.2) is 42.7 Å². The third-order valence-corrected chi connectivity index (χ3v) is 4.25. The van der Waals surface area contributed by atoms with Gasteiger partial charge < -0.3 is 10.1 Å². The minimum atomic E-state index is -0.398. The van der Waals surface area contributed by atoms with Gasteiger partial charge in [0.2, 0.25) is 0 Å². The van der Waals surface area contributed by atoms with Gasteiger partial charge in [0, 0.05) is 37.0 Å². The number of carbonyl (C=O) groups is 1. The lowest BCUT2D eigenvalue weighted by atomic mass is 10.0. The molecule has 0 unspecified atom stereocenters. The van der Waals surface area contributed by atoms with Gasteiger partial charge in [0.15, 0.2) is 0 Å². The van der Waals surface area contributed by atoms with Crippen LogP contribution in [-0.4, -0.2) is 55.2 Å². The first-order valence-electron chi connectivity index (χ1n) is 8.52. The first kappa shape index (κ1) is 17.5. The zero-order valence-electron chi connectivity index (χ0n) is 14.1. The highest BCUT2D eigenvalue weighted by molar-refractivity contribution is 5.95. The van der Waals surface area contributed by atoms with Crippen molar-refractivity contribution in [1.82, 2.24) is 15.2 Å². The lowest BCUT2D eigenvalue weighted by Crippen LogP contribution is -2.38. The minimum Gasteiger partial charge on any atom is -0.379 e. The van der Waals surface area contributed by atoms with Crippen LogP contribution in [0.4, 0.5) is 4.39 Å². The number of aromatic nitrogens is 1. The Kier molecular flexibility index (Phi) is 6.09. The number of benzene rings is 1. The van der Waals surface area contributed by atoms with Gasteiger partial charge in [-0.05, 0) is 36.7 Å². The normalized spacial score (nSPS) is 15.1. The van der Waals surface area contributed by atoms with Gasteiger partial charge in [0.05, 0.1) is 19.4 Å². The van der Waals surface area contributed by atoms with Crippen LogP contribution in [-0.2, 0) is 4.74 Å². The van der Waals surface area contributed by atoms with E-state index in [9.17, 15) is 9.18 Å². The molecule has 2 heterocycles. The summed E-state index contributed by atoms with van der Waals surface area (Å²) in [5, 5.41) is 2.93. The SMILES string of the molecule is O=C(NCCCN1CCOCC1)c1cccc(-c2ccncc2F)c1. The van der Waals surface area contributed by atoms with Gasteiger partial charge in [-0.15, -0.1) is 0 Å². The van der Waals surface area contributed by atoms with Gasteiger partial charge in [-0.3, -0.25) is 14.7 Å². The Bertz CT molecular complexity index is 717. The molecule has 1 aromatic carbocycles. The first-order valence-corrected chi connectivity index (χ1v) is 8.52. The Morgan fingerprint density at radius 2 is 2.12 bits per heavy atom. The Balaban J connectivity index is 1.54. The van der Waals surface area contributed by atoms with Crippen molar-refractivity contribution in [1.29, 1.82) is 0 Å². The molecule has 1 saturated heterocycles. The van der Waals surface area contributed by atoms with Crippen molar-refractivity contribution in [3.63, 3.8) is 0 Å². The lowest BCUT2D eigenvalue weighted by molar-refractivity contribution is 0.0374. The summed E-state index contributed by atoms with van der Waals surface area (Å²) < 4.78 is 19.2. The number of pyridine rings is 1. The maximum absolute atomic E-state index is 13.9. The fraction of sp³-hybridized carbons (Fsp3) is 0.368. The summed E-state index contributed by atoms with van der Waals surface area (Å²) in [5.41, 5.74) is 1.64. The summed E-state index contributed by atoms with van der Waals surface area (Å²) in [4.78, 5) is 18.4. The van der Waals surface area contributed by atoms with Crippen molar-refractivity contribution in [2.24, 2.45) is 0 Å². The molecule has 0 bridgehead atoms. The topological polar surface area (TPSA) is 54.5 Å². The van der Waals surface area contributed by atoms with Crippen molar-refractivity contribution in [2.45, 2.75) is 6.42 Å². The number of carbonyl (C=O) groups excluding carboxylic acids is 1. The number of nitrogens with zero attached hydrogens (tertiary/aromatic N) is 2. The maximum Gasteiger partial charge on any atom is 0.251 e. The molecule has 6 heteroatoms. The fourth-order valence-corrected chi connectivity index (χ4v) is 2.87. The largest absolute Gasteiger partial charge is 0.379 e. The number of halogens is 1. The van der Waals surface area contributed by atoms with Crippen LogP contribution in [0.3, 0.4) is 0 Å². The van der Waals surface area contributed by atoms with Crippen molar-refractivity contribution in [3.05, 3.63) is 54.1 Å². The molecule has 0 radical (unpaired) electrons. The van der Waals surface area contributed by atoms with E-state index in [0.717, 1.165) is 39.3 Å². The molecule has 0 atom stereocenters. The molecule has 1 aliphatic rings. The number of nitrogens with one attached hydrogen (secondary N) is 1. The Labute approximate surface area is 146 Å². The highest BCUT2D eigenvalue weighted by Gasteiger charge is 2.11. The molecule has 1 aromatic heterocycles. The molecule has 132 valence electrons. The zero-order chi connectivity index (χ0) is 17.5. The van der Waals surface area contributed by atoms with E-state index in [1.54, 1.807) is 30.3 Å². The average Bonchev–Trinajstić information content (AvgIpc) is 2.66. The fourth-order valence-electron chi connectivity index (χ4n) is 2.87. The molecule has 0 aliphatic carbocycles. The second-order valence-electron chi connectivity index (χ2n) is 6.00. The van der Waals surface area contributed by atoms with Crippen LogP contribution in [0.1, 0.15) is 16.8 Å². The Morgan fingerprint density at radius 1 is 1.28 bits per heavy atom. The van der Waals surface area contributed by atoms with Crippen LogP contribution >= 0.6 is 0 Å². The Morgan fingerprint density at radius 3 is 2.92 bits per heavy atom. The van der Waals surface area contributed by atoms with Crippen molar-refractivity contribution >= 4 is 5.91 Å². The number of morpholine rings is 1. The third-order valence-electron chi connectivity index (χ3n) is 4.25. The standard InChI is InChI=1S/C19H22FN3O2/c20-18-14-21-7-5-17(18)15-3-1-4-16(13-15)19(24)22-6-2-8-23-9-11-25-12-10-23/h1,3-5,7,13-14H,2,6,8-12H2,(H,22,24). The smallest absolute Gasteiger partial charge is 0.251 e. The minimum absolute atomic E-state index is 0.140. The summed E-state index contributed by atoms with van der Waals surface area (Å²) >= 11 is 0. The van der Waals surface area contributed by atoms with Gasteiger partial charge >= 0.3 is 0 Å². The molecule has 1 amide bonds. The first-order chi connectivity index (χ1) is 12.2. The summed E-state index contributed by atoms with van der Waals surface area (Å²) in [7, 11) is 0. The summed E-state index contributed by atoms with van der Waals surface area (Å²) in [5.74, 6) is -0.538. The van der Waals surface area contributed by atoms with Gasteiger partial charge in [-0.2, -0.15) is 0 Å². The monoisotopic (exact) mass is 343 g/mol. The lowest BCUT2D eigenvalue weighted by Gasteiger charge is -2.26. The predicted octanol–water partition coefficient (Wildman–Crippen LogP) is 2.34. The van der Waals surface area contributed by atoms with E-state index in [-0.39, 0.29) is 5.91 Å². The van der Waals surface area contributed by atoms with Crippen LogP contribution in [0.25, 0.3) is 11.1 Å². The van der Waals surface area contributed by atoms with Gasteiger partial charge in [0.1, 0.15) is 5.82 Å². The highest BCUT2D eigenvalue weighted by atomic mass is 19.1. The second-order valence-corrected chi connectivity index (χ2v) is 6.00. The van der Waals surface area contributed by atoms with E-state index in [0.29, 0.717) is 23.2 Å². The molecule has 5 nitrogen and oxygen atoms in total. The van der Waals surface area contributed by atoms with E-state index in [1.165, 1.54) is 12.4 Å². The van der Waals surface area contributed by atoms with Gasteiger partial charge in [0.25, 0.3) is 5.91 Å². The number of rotatable bonds is 6. The van der Waals surface area contributed by atoms with Crippen LogP contribution in [0, 0.1) is 5.82 Å².